The molecule has 4 heteroatoms. The molecule has 0 unspecified atom stereocenters. The largest absolute Gasteiger partial charge is 0.333 e. The van der Waals surface area contributed by atoms with Crippen LogP contribution in [0.25, 0.3) is 0 Å². The summed E-state index contributed by atoms with van der Waals surface area (Å²) in [5.41, 5.74) is 0. The van der Waals surface area contributed by atoms with Crippen molar-refractivity contribution in [2.24, 2.45) is 0 Å². The van der Waals surface area contributed by atoms with Crippen molar-refractivity contribution >= 4 is 11.8 Å². The van der Waals surface area contributed by atoms with E-state index in [2.05, 4.69) is 24.5 Å². The van der Waals surface area contributed by atoms with Gasteiger partial charge in [-0.15, -0.1) is 0 Å². The van der Waals surface area contributed by atoms with Crippen LogP contribution in [0.2, 0.25) is 0 Å². The van der Waals surface area contributed by atoms with Gasteiger partial charge in [-0.3, -0.25) is 9.59 Å². The predicted molar refractivity (Wildman–Crippen MR) is 101 cm³/mol. The lowest BCUT2D eigenvalue weighted by Gasteiger charge is -2.01. The van der Waals surface area contributed by atoms with E-state index < -0.39 is 0 Å². The van der Waals surface area contributed by atoms with E-state index in [0.29, 0.717) is 12.8 Å². The van der Waals surface area contributed by atoms with Gasteiger partial charge in [0.15, 0.2) is 0 Å². The summed E-state index contributed by atoms with van der Waals surface area (Å²) in [6, 6.07) is 0. The van der Waals surface area contributed by atoms with Crippen LogP contribution in [0.15, 0.2) is 24.6 Å². The molecule has 138 valence electrons. The zero-order valence-corrected chi connectivity index (χ0v) is 15.6. The Morgan fingerprint density at radius 1 is 0.667 bits per heavy atom. The van der Waals surface area contributed by atoms with E-state index in [0.717, 1.165) is 25.7 Å². The Morgan fingerprint density at radius 2 is 1.08 bits per heavy atom. The molecule has 0 saturated carbocycles. The average molecular weight is 337 g/mol. The number of carbonyl (C=O) groups is 2. The monoisotopic (exact) mass is 336 g/mol. The first-order valence-electron chi connectivity index (χ1n) is 9.59. The summed E-state index contributed by atoms with van der Waals surface area (Å²) in [4.78, 5) is 23.2. The van der Waals surface area contributed by atoms with E-state index in [1.807, 2.05) is 12.2 Å². The van der Waals surface area contributed by atoms with Gasteiger partial charge in [0.25, 0.3) is 0 Å². The summed E-state index contributed by atoms with van der Waals surface area (Å²) in [7, 11) is 0. The van der Waals surface area contributed by atoms with Crippen LogP contribution in [0, 0.1) is 0 Å². The van der Waals surface area contributed by atoms with Gasteiger partial charge in [0.2, 0.25) is 11.8 Å². The smallest absolute Gasteiger partial charge is 0.223 e. The highest BCUT2D eigenvalue weighted by Crippen LogP contribution is 2.02. The van der Waals surface area contributed by atoms with Gasteiger partial charge in [-0.1, -0.05) is 51.7 Å². The molecule has 0 fully saturated rings. The predicted octanol–water partition coefficient (Wildman–Crippen LogP) is 4.97. The molecule has 0 aromatic carbocycles. The molecule has 0 aliphatic heterocycles. The average Bonchev–Trinajstić information content (AvgIpc) is 2.58. The van der Waals surface area contributed by atoms with Crippen molar-refractivity contribution in [2.45, 2.75) is 90.9 Å². The fourth-order valence-electron chi connectivity index (χ4n) is 2.21. The normalized spacial score (nSPS) is 11.2. The third kappa shape index (κ3) is 16.8. The maximum absolute atomic E-state index is 11.6. The molecule has 24 heavy (non-hydrogen) atoms. The minimum Gasteiger partial charge on any atom is -0.333 e. The topological polar surface area (TPSA) is 58.2 Å². The quantitative estimate of drug-likeness (QED) is 0.415. The Labute approximate surface area is 148 Å². The second-order valence-corrected chi connectivity index (χ2v) is 6.14. The van der Waals surface area contributed by atoms with Gasteiger partial charge in [0.05, 0.1) is 0 Å². The minimum absolute atomic E-state index is 0.0259. The van der Waals surface area contributed by atoms with E-state index in [9.17, 15) is 9.59 Å². The molecular formula is C20H36N2O2. The number of hydrogen-bond donors (Lipinski definition) is 2. The lowest BCUT2D eigenvalue weighted by molar-refractivity contribution is -0.122. The molecule has 0 aliphatic carbocycles. The van der Waals surface area contributed by atoms with Crippen molar-refractivity contribution in [3.8, 4) is 0 Å². The second kappa shape index (κ2) is 17.8. The number of carbonyl (C=O) groups excluding carboxylic acids is 2. The van der Waals surface area contributed by atoms with Gasteiger partial charge in [-0.25, -0.2) is 0 Å². The summed E-state index contributed by atoms with van der Waals surface area (Å²) >= 11 is 0. The first-order chi connectivity index (χ1) is 11.7. The lowest BCUT2D eigenvalue weighted by atomic mass is 10.2. The van der Waals surface area contributed by atoms with E-state index in [1.165, 1.54) is 38.5 Å². The molecule has 2 N–H and O–H groups in total. The van der Waals surface area contributed by atoms with Crippen molar-refractivity contribution in [1.29, 1.82) is 0 Å². The summed E-state index contributed by atoms with van der Waals surface area (Å²) in [6.07, 6.45) is 19.2. The highest BCUT2D eigenvalue weighted by molar-refractivity contribution is 5.78. The summed E-state index contributed by atoms with van der Waals surface area (Å²) in [5, 5.41) is 5.55. The van der Waals surface area contributed by atoms with Crippen LogP contribution in [0.3, 0.4) is 0 Å². The van der Waals surface area contributed by atoms with Gasteiger partial charge in [0.1, 0.15) is 0 Å². The first-order valence-corrected chi connectivity index (χ1v) is 9.59. The molecule has 0 rings (SSSR count). The van der Waals surface area contributed by atoms with Gasteiger partial charge in [-0.05, 0) is 50.9 Å². The molecule has 0 heterocycles. The van der Waals surface area contributed by atoms with Gasteiger partial charge in [0, 0.05) is 12.8 Å². The molecule has 0 aromatic heterocycles. The Morgan fingerprint density at radius 3 is 1.46 bits per heavy atom. The summed E-state index contributed by atoms with van der Waals surface area (Å²) in [6.45, 7) is 4.35. The number of nitrogens with one attached hydrogen (secondary N) is 2. The van der Waals surface area contributed by atoms with Crippen molar-refractivity contribution in [3.63, 3.8) is 0 Å². The highest BCUT2D eigenvalue weighted by atomic mass is 16.2. The van der Waals surface area contributed by atoms with Crippen molar-refractivity contribution < 1.29 is 9.59 Å². The van der Waals surface area contributed by atoms with E-state index in [1.54, 1.807) is 12.4 Å². The molecule has 0 atom stereocenters. The van der Waals surface area contributed by atoms with Gasteiger partial charge < -0.3 is 10.6 Å². The molecule has 0 radical (unpaired) electrons. The number of hydrogen-bond acceptors (Lipinski definition) is 2. The van der Waals surface area contributed by atoms with Crippen molar-refractivity contribution in [3.05, 3.63) is 24.6 Å². The molecule has 2 amide bonds. The highest BCUT2D eigenvalue weighted by Gasteiger charge is 2.01. The van der Waals surface area contributed by atoms with Crippen molar-refractivity contribution in [1.82, 2.24) is 10.6 Å². The maximum Gasteiger partial charge on any atom is 0.223 e. The van der Waals surface area contributed by atoms with Crippen LogP contribution >= 0.6 is 0 Å². The SMILES string of the molecule is CCCCC/C=C/NC(=O)CCCCC(=O)N/C=C/CCCCC. The van der Waals surface area contributed by atoms with Gasteiger partial charge in [-0.2, -0.15) is 0 Å². The van der Waals surface area contributed by atoms with Crippen molar-refractivity contribution in [2.75, 3.05) is 0 Å². The summed E-state index contributed by atoms with van der Waals surface area (Å²) < 4.78 is 0. The third-order valence-corrected chi connectivity index (χ3v) is 3.73. The number of rotatable bonds is 15. The van der Waals surface area contributed by atoms with Crippen LogP contribution in [-0.4, -0.2) is 11.8 Å². The molecular weight excluding hydrogens is 300 g/mol. The van der Waals surface area contributed by atoms with E-state index >= 15 is 0 Å². The molecule has 0 aliphatic rings. The fourth-order valence-corrected chi connectivity index (χ4v) is 2.21. The zero-order chi connectivity index (χ0) is 17.9. The Bertz CT molecular complexity index is 340. The van der Waals surface area contributed by atoms with Crippen LogP contribution in [0.1, 0.15) is 90.9 Å². The van der Waals surface area contributed by atoms with Crippen LogP contribution in [0.4, 0.5) is 0 Å². The fraction of sp³-hybridized carbons (Fsp3) is 0.700. The van der Waals surface area contributed by atoms with Crippen LogP contribution < -0.4 is 10.6 Å². The van der Waals surface area contributed by atoms with E-state index in [4.69, 9.17) is 0 Å². The zero-order valence-electron chi connectivity index (χ0n) is 15.6. The molecule has 0 saturated heterocycles. The molecule has 0 aromatic rings. The Balaban J connectivity index is 3.49. The molecule has 4 nitrogen and oxygen atoms in total. The third-order valence-electron chi connectivity index (χ3n) is 3.73. The molecule has 0 spiro atoms. The lowest BCUT2D eigenvalue weighted by Crippen LogP contribution is -2.18. The minimum atomic E-state index is 0.0259. The number of unbranched alkanes of at least 4 members (excludes halogenated alkanes) is 7. The Hall–Kier alpha value is -1.58. The molecule has 0 bridgehead atoms. The summed E-state index contributed by atoms with van der Waals surface area (Å²) in [5.74, 6) is 0.0518. The standard InChI is InChI=1S/C20H36N2O2/c1-3-5-7-9-13-17-21-19(23)15-11-12-16-20(24)22-18-14-10-8-6-4-2/h13-14,17-18H,3-12,15-16H2,1-2H3,(H,21,23)(H,22,24)/b17-13+,18-14+. The second-order valence-electron chi connectivity index (χ2n) is 6.14. The number of allylic oxidation sites excluding steroid dienone is 2. The van der Waals surface area contributed by atoms with Crippen LogP contribution in [-0.2, 0) is 9.59 Å². The van der Waals surface area contributed by atoms with E-state index in [-0.39, 0.29) is 11.8 Å². The van der Waals surface area contributed by atoms with Crippen LogP contribution in [0.5, 0.6) is 0 Å². The first kappa shape index (κ1) is 22.4. The van der Waals surface area contributed by atoms with Gasteiger partial charge >= 0.3 is 0 Å². The number of amides is 2. The Kier molecular flexibility index (Phi) is 16.6. The maximum atomic E-state index is 11.6.